The van der Waals surface area contributed by atoms with Crippen molar-refractivity contribution >= 4 is 16.9 Å². The van der Waals surface area contributed by atoms with Crippen LogP contribution in [0.1, 0.15) is 17.0 Å². The lowest BCUT2D eigenvalue weighted by molar-refractivity contribution is -0.136. The first-order valence-electron chi connectivity index (χ1n) is 7.83. The monoisotopic (exact) mass is 350 g/mol. The molecule has 7 nitrogen and oxygen atoms in total. The molecule has 1 aliphatic rings. The van der Waals surface area contributed by atoms with E-state index in [2.05, 4.69) is 4.98 Å². The standard InChI is InChI=1S/C19H14N2O5/c1-24-18(22)15-13(10-6-8-21-9-7-10)14-16(26-17(15)20)11-4-2-3-5-12(11)25-19(14)23/h2-9,13H,20H2,1H3. The molecule has 7 heteroatoms. The van der Waals surface area contributed by atoms with Crippen molar-refractivity contribution in [1.29, 1.82) is 0 Å². The van der Waals surface area contributed by atoms with E-state index in [1.54, 1.807) is 48.8 Å². The van der Waals surface area contributed by atoms with Crippen LogP contribution < -0.4 is 16.1 Å². The van der Waals surface area contributed by atoms with Gasteiger partial charge < -0.3 is 19.6 Å². The van der Waals surface area contributed by atoms with Gasteiger partial charge in [0.2, 0.25) is 5.88 Å². The van der Waals surface area contributed by atoms with Crippen LogP contribution >= 0.6 is 0 Å². The molecule has 0 amide bonds. The minimum Gasteiger partial charge on any atom is -0.465 e. The van der Waals surface area contributed by atoms with Crippen LogP contribution in [-0.2, 0) is 9.53 Å². The van der Waals surface area contributed by atoms with Gasteiger partial charge in [0.05, 0.1) is 24.0 Å². The number of nitrogens with two attached hydrogens (primary N) is 1. The number of pyridine rings is 1. The van der Waals surface area contributed by atoms with Crippen LogP contribution in [0.5, 0.6) is 5.75 Å². The molecule has 4 rings (SSSR count). The number of carbonyl (C=O) groups is 1. The Hall–Kier alpha value is -3.61. The molecule has 0 bridgehead atoms. The first-order valence-corrected chi connectivity index (χ1v) is 7.83. The number of aromatic nitrogens is 1. The van der Waals surface area contributed by atoms with Crippen molar-refractivity contribution in [1.82, 2.24) is 4.98 Å². The SMILES string of the molecule is COC(=O)C1=C(N)Oc2c(c(=O)oc3ccccc23)C1c1ccncc1. The maximum absolute atomic E-state index is 12.7. The average Bonchev–Trinajstić information content (AvgIpc) is 2.67. The molecule has 0 aliphatic carbocycles. The van der Waals surface area contributed by atoms with E-state index < -0.39 is 17.5 Å². The number of methoxy groups -OCH3 is 1. The van der Waals surface area contributed by atoms with Crippen molar-refractivity contribution in [3.05, 3.63) is 81.8 Å². The van der Waals surface area contributed by atoms with Gasteiger partial charge in [0.1, 0.15) is 11.2 Å². The number of hydrogen-bond acceptors (Lipinski definition) is 7. The van der Waals surface area contributed by atoms with Gasteiger partial charge in [-0.05, 0) is 29.8 Å². The third-order valence-electron chi connectivity index (χ3n) is 4.30. The highest BCUT2D eigenvalue weighted by Crippen LogP contribution is 2.43. The Morgan fingerprint density at radius 1 is 1.19 bits per heavy atom. The molecular weight excluding hydrogens is 336 g/mol. The van der Waals surface area contributed by atoms with Crippen molar-refractivity contribution < 1.29 is 18.7 Å². The molecule has 3 aromatic rings. The van der Waals surface area contributed by atoms with Gasteiger partial charge in [-0.3, -0.25) is 4.98 Å². The van der Waals surface area contributed by atoms with E-state index in [0.29, 0.717) is 16.5 Å². The van der Waals surface area contributed by atoms with Gasteiger partial charge in [0.25, 0.3) is 0 Å². The number of ether oxygens (including phenoxy) is 2. The summed E-state index contributed by atoms with van der Waals surface area (Å²) >= 11 is 0. The normalized spacial score (nSPS) is 16.1. The summed E-state index contributed by atoms with van der Waals surface area (Å²) in [4.78, 5) is 29.1. The fourth-order valence-corrected chi connectivity index (χ4v) is 3.16. The minimum atomic E-state index is -0.782. The summed E-state index contributed by atoms with van der Waals surface area (Å²) in [5, 5.41) is 0.591. The maximum Gasteiger partial charge on any atom is 0.344 e. The minimum absolute atomic E-state index is 0.0498. The van der Waals surface area contributed by atoms with Crippen LogP contribution in [0.3, 0.4) is 0 Å². The summed E-state index contributed by atoms with van der Waals surface area (Å²) in [6.45, 7) is 0. The van der Waals surface area contributed by atoms with E-state index in [0.717, 1.165) is 0 Å². The van der Waals surface area contributed by atoms with Gasteiger partial charge in [0.15, 0.2) is 5.75 Å². The molecule has 0 radical (unpaired) electrons. The fraction of sp³-hybridized carbons (Fsp3) is 0.105. The van der Waals surface area contributed by atoms with Gasteiger partial charge in [-0.2, -0.15) is 0 Å². The Bertz CT molecular complexity index is 1100. The molecule has 0 saturated heterocycles. The first kappa shape index (κ1) is 15.9. The number of rotatable bonds is 2. The average molecular weight is 350 g/mol. The fourth-order valence-electron chi connectivity index (χ4n) is 3.16. The second-order valence-corrected chi connectivity index (χ2v) is 5.71. The number of para-hydroxylation sites is 1. The van der Waals surface area contributed by atoms with E-state index in [9.17, 15) is 9.59 Å². The van der Waals surface area contributed by atoms with Gasteiger partial charge in [-0.15, -0.1) is 0 Å². The van der Waals surface area contributed by atoms with Crippen molar-refractivity contribution in [2.45, 2.75) is 5.92 Å². The lowest BCUT2D eigenvalue weighted by Gasteiger charge is -2.27. The zero-order valence-electron chi connectivity index (χ0n) is 13.8. The number of benzene rings is 1. The molecule has 1 aliphatic heterocycles. The van der Waals surface area contributed by atoms with Crippen LogP contribution in [0, 0.1) is 0 Å². The highest BCUT2D eigenvalue weighted by molar-refractivity contribution is 5.94. The molecule has 0 spiro atoms. The molecule has 1 aromatic carbocycles. The van der Waals surface area contributed by atoms with Crippen molar-refractivity contribution in [2.75, 3.05) is 7.11 Å². The predicted molar refractivity (Wildman–Crippen MR) is 92.4 cm³/mol. The zero-order chi connectivity index (χ0) is 18.3. The van der Waals surface area contributed by atoms with Crippen LogP contribution in [0.4, 0.5) is 0 Å². The summed E-state index contributed by atoms with van der Waals surface area (Å²) in [5.41, 5.74) is 6.72. The molecule has 0 fully saturated rings. The topological polar surface area (TPSA) is 105 Å². The van der Waals surface area contributed by atoms with Crippen LogP contribution in [0.25, 0.3) is 11.0 Å². The van der Waals surface area contributed by atoms with Crippen molar-refractivity contribution in [3.63, 3.8) is 0 Å². The number of nitrogens with zero attached hydrogens (tertiary/aromatic N) is 1. The highest BCUT2D eigenvalue weighted by atomic mass is 16.5. The van der Waals surface area contributed by atoms with E-state index >= 15 is 0 Å². The molecule has 3 heterocycles. The Labute approximate surface area is 147 Å². The molecule has 0 saturated carbocycles. The molecule has 1 atom stereocenters. The van der Waals surface area contributed by atoms with E-state index in [1.165, 1.54) is 7.11 Å². The zero-order valence-corrected chi connectivity index (χ0v) is 13.8. The third kappa shape index (κ3) is 2.33. The van der Waals surface area contributed by atoms with E-state index in [4.69, 9.17) is 19.6 Å². The van der Waals surface area contributed by atoms with Gasteiger partial charge >= 0.3 is 11.6 Å². The quantitative estimate of drug-likeness (QED) is 0.557. The van der Waals surface area contributed by atoms with Crippen molar-refractivity contribution in [3.8, 4) is 5.75 Å². The summed E-state index contributed by atoms with van der Waals surface area (Å²) in [7, 11) is 1.24. The molecule has 130 valence electrons. The van der Waals surface area contributed by atoms with Gasteiger partial charge in [0, 0.05) is 12.4 Å². The van der Waals surface area contributed by atoms with Crippen LogP contribution in [-0.4, -0.2) is 18.1 Å². The number of hydrogen-bond donors (Lipinski definition) is 1. The molecule has 2 aromatic heterocycles. The van der Waals surface area contributed by atoms with Gasteiger partial charge in [-0.1, -0.05) is 12.1 Å². The first-order chi connectivity index (χ1) is 12.6. The highest BCUT2D eigenvalue weighted by Gasteiger charge is 2.39. The lowest BCUT2D eigenvalue weighted by Crippen LogP contribution is -2.30. The summed E-state index contributed by atoms with van der Waals surface area (Å²) in [6, 6.07) is 10.4. The Morgan fingerprint density at radius 2 is 1.92 bits per heavy atom. The summed E-state index contributed by atoms with van der Waals surface area (Å²) < 4.78 is 16.0. The second-order valence-electron chi connectivity index (χ2n) is 5.71. The van der Waals surface area contributed by atoms with Crippen molar-refractivity contribution in [2.24, 2.45) is 5.73 Å². The Balaban J connectivity index is 2.08. The largest absolute Gasteiger partial charge is 0.465 e. The Morgan fingerprint density at radius 3 is 2.65 bits per heavy atom. The second kappa shape index (κ2) is 6.03. The molecule has 26 heavy (non-hydrogen) atoms. The van der Waals surface area contributed by atoms with E-state index in [1.807, 2.05) is 0 Å². The maximum atomic E-state index is 12.7. The summed E-state index contributed by atoms with van der Waals surface area (Å²) in [5.74, 6) is -1.29. The smallest absolute Gasteiger partial charge is 0.344 e. The number of carbonyl (C=O) groups excluding carboxylic acids is 1. The van der Waals surface area contributed by atoms with Crippen LogP contribution in [0.15, 0.2) is 69.5 Å². The Kier molecular flexibility index (Phi) is 3.69. The van der Waals surface area contributed by atoms with Crippen LogP contribution in [0.2, 0.25) is 0 Å². The third-order valence-corrected chi connectivity index (χ3v) is 4.30. The number of fused-ring (bicyclic) bond motifs is 3. The predicted octanol–water partition coefficient (Wildman–Crippen LogP) is 2.06. The number of esters is 1. The molecule has 2 N–H and O–H groups in total. The molecular formula is C19H14N2O5. The summed E-state index contributed by atoms with van der Waals surface area (Å²) in [6.07, 6.45) is 3.14. The van der Waals surface area contributed by atoms with E-state index in [-0.39, 0.29) is 22.8 Å². The molecule has 1 unspecified atom stereocenters. The van der Waals surface area contributed by atoms with Gasteiger partial charge in [-0.25, -0.2) is 9.59 Å². The lowest BCUT2D eigenvalue weighted by atomic mass is 9.83.